The van der Waals surface area contributed by atoms with Gasteiger partial charge in [0.05, 0.1) is 0 Å². The molecule has 0 aliphatic rings. The molecule has 0 saturated heterocycles. The average molecular weight is 174 g/mol. The second-order valence-electron chi connectivity index (χ2n) is 2.81. The van der Waals surface area contributed by atoms with Gasteiger partial charge in [-0.1, -0.05) is 0 Å². The molecule has 2 aromatic rings. The Hall–Kier alpha value is -1.71. The molecule has 0 atom stereocenters. The monoisotopic (exact) mass is 174 g/mol. The molecular formula is C9H10N4. The Bertz CT molecular complexity index is 439. The first-order valence-corrected chi connectivity index (χ1v) is 4.08. The molecule has 0 aliphatic carbocycles. The van der Waals surface area contributed by atoms with Gasteiger partial charge in [-0.25, -0.2) is 9.97 Å². The lowest BCUT2D eigenvalue weighted by Crippen LogP contribution is -1.97. The summed E-state index contributed by atoms with van der Waals surface area (Å²) >= 11 is 0. The normalized spacial score (nSPS) is 10.3. The maximum absolute atomic E-state index is 4.29. The van der Waals surface area contributed by atoms with E-state index in [9.17, 15) is 0 Å². The Kier molecular flexibility index (Phi) is 1.81. The molecule has 4 nitrogen and oxygen atoms in total. The van der Waals surface area contributed by atoms with Crippen molar-refractivity contribution in [2.75, 3.05) is 12.4 Å². The minimum Gasteiger partial charge on any atom is -0.357 e. The lowest BCUT2D eigenvalue weighted by atomic mass is 10.3. The van der Waals surface area contributed by atoms with E-state index in [2.05, 4.69) is 20.3 Å². The van der Waals surface area contributed by atoms with E-state index < -0.39 is 0 Å². The molecule has 13 heavy (non-hydrogen) atoms. The smallest absolute Gasteiger partial charge is 0.224 e. The molecule has 0 aliphatic heterocycles. The van der Waals surface area contributed by atoms with Crippen LogP contribution in [0.15, 0.2) is 18.3 Å². The zero-order valence-corrected chi connectivity index (χ0v) is 7.57. The number of pyridine rings is 1. The molecule has 0 spiro atoms. The molecular weight excluding hydrogens is 164 g/mol. The SMILES string of the molecule is CNc1ncc2ccc(C)nc2n1. The molecule has 0 aromatic carbocycles. The van der Waals surface area contributed by atoms with Gasteiger partial charge < -0.3 is 5.32 Å². The van der Waals surface area contributed by atoms with Crippen molar-refractivity contribution < 1.29 is 0 Å². The minimum absolute atomic E-state index is 0.602. The molecule has 0 fully saturated rings. The molecule has 0 saturated carbocycles. The Morgan fingerprint density at radius 3 is 2.85 bits per heavy atom. The van der Waals surface area contributed by atoms with Crippen LogP contribution in [0, 0.1) is 6.92 Å². The summed E-state index contributed by atoms with van der Waals surface area (Å²) in [6.45, 7) is 1.95. The summed E-state index contributed by atoms with van der Waals surface area (Å²) in [7, 11) is 1.79. The largest absolute Gasteiger partial charge is 0.357 e. The van der Waals surface area contributed by atoms with Gasteiger partial charge in [0.25, 0.3) is 0 Å². The number of anilines is 1. The van der Waals surface area contributed by atoms with E-state index in [-0.39, 0.29) is 0 Å². The van der Waals surface area contributed by atoms with Crippen LogP contribution < -0.4 is 5.32 Å². The average Bonchev–Trinajstić information content (AvgIpc) is 2.16. The van der Waals surface area contributed by atoms with E-state index in [0.29, 0.717) is 5.95 Å². The van der Waals surface area contributed by atoms with Crippen LogP contribution in [-0.2, 0) is 0 Å². The standard InChI is InChI=1S/C9H10N4/c1-6-3-4-7-5-11-9(10-2)13-8(7)12-6/h3-5H,1-2H3,(H,10,11,12,13). The van der Waals surface area contributed by atoms with E-state index >= 15 is 0 Å². The number of nitrogens with one attached hydrogen (secondary N) is 1. The van der Waals surface area contributed by atoms with Gasteiger partial charge in [0.15, 0.2) is 5.65 Å². The molecule has 2 heterocycles. The molecule has 4 heteroatoms. The van der Waals surface area contributed by atoms with E-state index in [4.69, 9.17) is 0 Å². The highest BCUT2D eigenvalue weighted by Gasteiger charge is 1.98. The third-order valence-electron chi connectivity index (χ3n) is 1.81. The molecule has 2 rings (SSSR count). The highest BCUT2D eigenvalue weighted by Crippen LogP contribution is 2.10. The first-order chi connectivity index (χ1) is 6.29. The van der Waals surface area contributed by atoms with Crippen molar-refractivity contribution in [2.45, 2.75) is 6.92 Å². The fourth-order valence-electron chi connectivity index (χ4n) is 1.12. The number of aryl methyl sites for hydroxylation is 1. The molecule has 0 radical (unpaired) electrons. The van der Waals surface area contributed by atoms with Gasteiger partial charge in [0, 0.05) is 24.3 Å². The Morgan fingerprint density at radius 1 is 1.23 bits per heavy atom. The third-order valence-corrected chi connectivity index (χ3v) is 1.81. The van der Waals surface area contributed by atoms with E-state index in [1.165, 1.54) is 0 Å². The number of nitrogens with zero attached hydrogens (tertiary/aromatic N) is 3. The minimum atomic E-state index is 0.602. The number of hydrogen-bond acceptors (Lipinski definition) is 4. The van der Waals surface area contributed by atoms with Gasteiger partial charge in [0.1, 0.15) is 0 Å². The van der Waals surface area contributed by atoms with Gasteiger partial charge in [-0.3, -0.25) is 0 Å². The summed E-state index contributed by atoms with van der Waals surface area (Å²) in [6.07, 6.45) is 1.76. The van der Waals surface area contributed by atoms with E-state index in [0.717, 1.165) is 16.7 Å². The van der Waals surface area contributed by atoms with Crippen LogP contribution in [0.4, 0.5) is 5.95 Å². The Labute approximate surface area is 76.1 Å². The van der Waals surface area contributed by atoms with Gasteiger partial charge >= 0.3 is 0 Å². The van der Waals surface area contributed by atoms with Gasteiger partial charge in [0.2, 0.25) is 5.95 Å². The summed E-state index contributed by atoms with van der Waals surface area (Å²) in [5.41, 5.74) is 1.70. The Balaban J connectivity index is 2.68. The maximum atomic E-state index is 4.29. The second-order valence-corrected chi connectivity index (χ2v) is 2.81. The van der Waals surface area contributed by atoms with Gasteiger partial charge in [-0.15, -0.1) is 0 Å². The van der Waals surface area contributed by atoms with Crippen molar-refractivity contribution in [3.05, 3.63) is 24.0 Å². The van der Waals surface area contributed by atoms with Crippen molar-refractivity contribution in [3.8, 4) is 0 Å². The van der Waals surface area contributed by atoms with Crippen LogP contribution in [0.2, 0.25) is 0 Å². The molecule has 66 valence electrons. The van der Waals surface area contributed by atoms with Crippen molar-refractivity contribution in [1.29, 1.82) is 0 Å². The highest BCUT2D eigenvalue weighted by molar-refractivity contribution is 5.74. The van der Waals surface area contributed by atoms with Crippen molar-refractivity contribution >= 4 is 17.0 Å². The summed E-state index contributed by atoms with van der Waals surface area (Å²) in [4.78, 5) is 12.6. The predicted molar refractivity (Wildman–Crippen MR) is 51.6 cm³/mol. The first kappa shape index (κ1) is 7.91. The zero-order valence-electron chi connectivity index (χ0n) is 7.57. The summed E-state index contributed by atoms with van der Waals surface area (Å²) in [5, 5.41) is 3.84. The lowest BCUT2D eigenvalue weighted by Gasteiger charge is -2.00. The van der Waals surface area contributed by atoms with E-state index in [1.807, 2.05) is 19.1 Å². The van der Waals surface area contributed by atoms with Crippen molar-refractivity contribution in [2.24, 2.45) is 0 Å². The topological polar surface area (TPSA) is 50.7 Å². The zero-order chi connectivity index (χ0) is 9.26. The number of rotatable bonds is 1. The van der Waals surface area contributed by atoms with Crippen LogP contribution in [0.1, 0.15) is 5.69 Å². The molecule has 0 unspecified atom stereocenters. The fraction of sp³-hybridized carbons (Fsp3) is 0.222. The Morgan fingerprint density at radius 2 is 2.08 bits per heavy atom. The molecule has 0 amide bonds. The first-order valence-electron chi connectivity index (χ1n) is 4.08. The summed E-state index contributed by atoms with van der Waals surface area (Å²) in [6, 6.07) is 3.92. The molecule has 1 N–H and O–H groups in total. The summed E-state index contributed by atoms with van der Waals surface area (Å²) < 4.78 is 0. The molecule has 2 aromatic heterocycles. The number of aromatic nitrogens is 3. The number of hydrogen-bond donors (Lipinski definition) is 1. The van der Waals surface area contributed by atoms with Crippen LogP contribution in [0.25, 0.3) is 11.0 Å². The van der Waals surface area contributed by atoms with Crippen molar-refractivity contribution in [3.63, 3.8) is 0 Å². The highest BCUT2D eigenvalue weighted by atomic mass is 15.1. The maximum Gasteiger partial charge on any atom is 0.224 e. The van der Waals surface area contributed by atoms with E-state index in [1.54, 1.807) is 13.2 Å². The quantitative estimate of drug-likeness (QED) is 0.709. The lowest BCUT2D eigenvalue weighted by molar-refractivity contribution is 1.14. The van der Waals surface area contributed by atoms with Crippen LogP contribution in [0.3, 0.4) is 0 Å². The van der Waals surface area contributed by atoms with Gasteiger partial charge in [-0.05, 0) is 19.1 Å². The van der Waals surface area contributed by atoms with Gasteiger partial charge in [-0.2, -0.15) is 4.98 Å². The van der Waals surface area contributed by atoms with Crippen molar-refractivity contribution in [1.82, 2.24) is 15.0 Å². The summed E-state index contributed by atoms with van der Waals surface area (Å²) in [5.74, 6) is 0.602. The van der Waals surface area contributed by atoms with Crippen LogP contribution in [0.5, 0.6) is 0 Å². The predicted octanol–water partition coefficient (Wildman–Crippen LogP) is 1.37. The molecule has 0 bridgehead atoms. The van der Waals surface area contributed by atoms with Crippen LogP contribution >= 0.6 is 0 Å². The van der Waals surface area contributed by atoms with Crippen LogP contribution in [-0.4, -0.2) is 22.0 Å². The number of fused-ring (bicyclic) bond motifs is 1. The second kappa shape index (κ2) is 2.97. The third kappa shape index (κ3) is 1.42. The fourth-order valence-corrected chi connectivity index (χ4v) is 1.12.